The van der Waals surface area contributed by atoms with Crippen LogP contribution in [0.5, 0.6) is 11.5 Å². The van der Waals surface area contributed by atoms with E-state index in [0.717, 1.165) is 11.3 Å². The average molecular weight is 309 g/mol. The van der Waals surface area contributed by atoms with E-state index < -0.39 is 0 Å². The Labute approximate surface area is 130 Å². The molecule has 0 bridgehead atoms. The summed E-state index contributed by atoms with van der Waals surface area (Å²) in [6.07, 6.45) is 0. The third-order valence-electron chi connectivity index (χ3n) is 3.11. The first-order valence-electron chi connectivity index (χ1n) is 6.53. The fraction of sp³-hybridized carbons (Fsp3) is 0.294. The smallest absolute Gasteiger partial charge is 0.150 e. The number of alkyl halides is 1. The van der Waals surface area contributed by atoms with Crippen molar-refractivity contribution >= 4 is 23.2 Å². The summed E-state index contributed by atoms with van der Waals surface area (Å²) < 4.78 is 5.95. The molecule has 0 heterocycles. The molecule has 3 heteroatoms. The van der Waals surface area contributed by atoms with Gasteiger partial charge in [0, 0.05) is 5.56 Å². The molecule has 0 saturated carbocycles. The van der Waals surface area contributed by atoms with Gasteiger partial charge in [0.2, 0.25) is 0 Å². The molecule has 106 valence electrons. The van der Waals surface area contributed by atoms with E-state index in [-0.39, 0.29) is 5.41 Å². The van der Waals surface area contributed by atoms with Crippen molar-refractivity contribution in [1.82, 2.24) is 0 Å². The highest BCUT2D eigenvalue weighted by molar-refractivity contribution is 6.32. The minimum absolute atomic E-state index is 0.0785. The molecule has 0 N–H and O–H groups in total. The van der Waals surface area contributed by atoms with E-state index in [1.54, 1.807) is 6.07 Å². The Kier molecular flexibility index (Phi) is 4.62. The SMILES string of the molecule is CC(C)(C)c1cccc(Oc2c(Cl)cccc2CCl)c1. The van der Waals surface area contributed by atoms with Gasteiger partial charge < -0.3 is 4.74 Å². The van der Waals surface area contributed by atoms with Crippen LogP contribution in [0.1, 0.15) is 31.9 Å². The van der Waals surface area contributed by atoms with Crippen molar-refractivity contribution in [2.24, 2.45) is 0 Å². The summed E-state index contributed by atoms with van der Waals surface area (Å²) in [7, 11) is 0. The van der Waals surface area contributed by atoms with E-state index in [4.69, 9.17) is 27.9 Å². The summed E-state index contributed by atoms with van der Waals surface area (Å²) in [5.74, 6) is 1.78. The van der Waals surface area contributed by atoms with Gasteiger partial charge in [-0.1, -0.05) is 56.6 Å². The summed E-state index contributed by atoms with van der Waals surface area (Å²) >= 11 is 12.1. The third kappa shape index (κ3) is 3.47. The summed E-state index contributed by atoms with van der Waals surface area (Å²) in [5.41, 5.74) is 2.18. The minimum atomic E-state index is 0.0785. The standard InChI is InChI=1S/C17H18Cl2O/c1-17(2,3)13-7-5-8-14(10-13)20-16-12(11-18)6-4-9-15(16)19/h4-10H,11H2,1-3H3. The van der Waals surface area contributed by atoms with Crippen molar-refractivity contribution in [2.45, 2.75) is 32.1 Å². The largest absolute Gasteiger partial charge is 0.455 e. The number of benzene rings is 2. The summed E-state index contributed by atoms with van der Waals surface area (Å²) in [6.45, 7) is 6.52. The fourth-order valence-corrected chi connectivity index (χ4v) is 2.36. The first kappa shape index (κ1) is 15.2. The van der Waals surface area contributed by atoms with Gasteiger partial charge in [0.25, 0.3) is 0 Å². The Morgan fingerprint density at radius 1 is 1.05 bits per heavy atom. The molecule has 0 spiro atoms. The van der Waals surface area contributed by atoms with Crippen molar-refractivity contribution in [2.75, 3.05) is 0 Å². The maximum absolute atomic E-state index is 6.20. The molecule has 0 saturated heterocycles. The zero-order valence-corrected chi connectivity index (χ0v) is 13.4. The highest BCUT2D eigenvalue weighted by Crippen LogP contribution is 2.35. The van der Waals surface area contributed by atoms with Crippen molar-refractivity contribution in [3.63, 3.8) is 0 Å². The molecule has 0 aromatic heterocycles. The number of hydrogen-bond acceptors (Lipinski definition) is 1. The Hall–Kier alpha value is -1.18. The van der Waals surface area contributed by atoms with Crippen LogP contribution < -0.4 is 4.74 Å². The molecular weight excluding hydrogens is 291 g/mol. The van der Waals surface area contributed by atoms with Crippen LogP contribution in [-0.4, -0.2) is 0 Å². The maximum atomic E-state index is 6.20. The molecule has 0 aliphatic heterocycles. The first-order chi connectivity index (χ1) is 9.41. The molecule has 20 heavy (non-hydrogen) atoms. The van der Waals surface area contributed by atoms with Gasteiger partial charge in [0.1, 0.15) is 11.5 Å². The number of hydrogen-bond donors (Lipinski definition) is 0. The second-order valence-corrected chi connectivity index (χ2v) is 6.42. The van der Waals surface area contributed by atoms with Crippen LogP contribution in [0.4, 0.5) is 0 Å². The van der Waals surface area contributed by atoms with Gasteiger partial charge in [-0.3, -0.25) is 0 Å². The topological polar surface area (TPSA) is 9.23 Å². The van der Waals surface area contributed by atoms with E-state index in [9.17, 15) is 0 Å². The molecule has 0 radical (unpaired) electrons. The van der Waals surface area contributed by atoms with Crippen LogP contribution in [-0.2, 0) is 11.3 Å². The summed E-state index contributed by atoms with van der Waals surface area (Å²) in [4.78, 5) is 0. The number of rotatable bonds is 3. The van der Waals surface area contributed by atoms with Crippen molar-refractivity contribution in [3.05, 3.63) is 58.6 Å². The first-order valence-corrected chi connectivity index (χ1v) is 7.45. The van der Waals surface area contributed by atoms with E-state index in [1.807, 2.05) is 30.3 Å². The average Bonchev–Trinajstić information content (AvgIpc) is 2.40. The van der Waals surface area contributed by atoms with Gasteiger partial charge in [-0.15, -0.1) is 11.6 Å². The number of halogens is 2. The van der Waals surface area contributed by atoms with Crippen LogP contribution in [0.25, 0.3) is 0 Å². The molecule has 0 aliphatic rings. The van der Waals surface area contributed by atoms with E-state index >= 15 is 0 Å². The van der Waals surface area contributed by atoms with Crippen molar-refractivity contribution in [1.29, 1.82) is 0 Å². The lowest BCUT2D eigenvalue weighted by Gasteiger charge is -2.20. The lowest BCUT2D eigenvalue weighted by atomic mass is 9.87. The zero-order chi connectivity index (χ0) is 14.8. The molecular formula is C17H18Cl2O. The van der Waals surface area contributed by atoms with Crippen molar-refractivity contribution < 1.29 is 4.74 Å². The fourth-order valence-electron chi connectivity index (χ4n) is 1.92. The summed E-state index contributed by atoms with van der Waals surface area (Å²) in [6, 6.07) is 13.7. The van der Waals surface area contributed by atoms with Gasteiger partial charge in [-0.05, 0) is 29.2 Å². The molecule has 0 atom stereocenters. The van der Waals surface area contributed by atoms with Gasteiger partial charge in [0.15, 0.2) is 0 Å². The second-order valence-electron chi connectivity index (χ2n) is 5.74. The third-order valence-corrected chi connectivity index (χ3v) is 3.70. The lowest BCUT2D eigenvalue weighted by Crippen LogP contribution is -2.10. The van der Waals surface area contributed by atoms with Gasteiger partial charge in [-0.2, -0.15) is 0 Å². The predicted octanol–water partition coefficient (Wildman–Crippen LogP) is 6.17. The molecule has 0 fully saturated rings. The van der Waals surface area contributed by atoms with E-state index in [1.165, 1.54) is 5.56 Å². The van der Waals surface area contributed by atoms with Crippen LogP contribution in [0.3, 0.4) is 0 Å². The Bertz CT molecular complexity index is 600. The molecule has 1 nitrogen and oxygen atoms in total. The molecule has 2 aromatic rings. The Balaban J connectivity index is 2.36. The Morgan fingerprint density at radius 3 is 2.40 bits per heavy atom. The number of ether oxygens (including phenoxy) is 1. The molecule has 0 aliphatic carbocycles. The van der Waals surface area contributed by atoms with E-state index in [2.05, 4.69) is 26.8 Å². The number of para-hydroxylation sites is 1. The van der Waals surface area contributed by atoms with E-state index in [0.29, 0.717) is 16.7 Å². The highest BCUT2D eigenvalue weighted by Gasteiger charge is 2.15. The Morgan fingerprint density at radius 2 is 1.75 bits per heavy atom. The van der Waals surface area contributed by atoms with Crippen LogP contribution >= 0.6 is 23.2 Å². The molecule has 2 rings (SSSR count). The lowest BCUT2D eigenvalue weighted by molar-refractivity contribution is 0.474. The molecule has 2 aromatic carbocycles. The van der Waals surface area contributed by atoms with Crippen molar-refractivity contribution in [3.8, 4) is 11.5 Å². The molecule has 0 amide bonds. The maximum Gasteiger partial charge on any atom is 0.150 e. The highest BCUT2D eigenvalue weighted by atomic mass is 35.5. The van der Waals surface area contributed by atoms with Gasteiger partial charge in [0.05, 0.1) is 10.9 Å². The van der Waals surface area contributed by atoms with Gasteiger partial charge in [-0.25, -0.2) is 0 Å². The zero-order valence-electron chi connectivity index (χ0n) is 11.9. The molecule has 0 unspecified atom stereocenters. The quantitative estimate of drug-likeness (QED) is 0.616. The minimum Gasteiger partial charge on any atom is -0.455 e. The monoisotopic (exact) mass is 308 g/mol. The van der Waals surface area contributed by atoms with Crippen LogP contribution in [0.15, 0.2) is 42.5 Å². The van der Waals surface area contributed by atoms with Crippen LogP contribution in [0, 0.1) is 0 Å². The second kappa shape index (κ2) is 6.07. The van der Waals surface area contributed by atoms with Crippen LogP contribution in [0.2, 0.25) is 5.02 Å². The normalized spacial score (nSPS) is 11.4. The predicted molar refractivity (Wildman–Crippen MR) is 86.2 cm³/mol. The van der Waals surface area contributed by atoms with Gasteiger partial charge >= 0.3 is 0 Å². The summed E-state index contributed by atoms with van der Waals surface area (Å²) in [5, 5.41) is 0.573.